The molecule has 0 bridgehead atoms. The summed E-state index contributed by atoms with van der Waals surface area (Å²) in [5.74, 6) is 0.450. The third-order valence-corrected chi connectivity index (χ3v) is 7.05. The Kier molecular flexibility index (Phi) is 7.55. The van der Waals surface area contributed by atoms with Crippen LogP contribution in [0.4, 0.5) is 14.5 Å². The molecule has 2 heterocycles. The van der Waals surface area contributed by atoms with Crippen LogP contribution in [0.2, 0.25) is 0 Å². The molecular formula is C29H30F2N4O3. The lowest BCUT2D eigenvalue weighted by Gasteiger charge is -2.36. The van der Waals surface area contributed by atoms with Gasteiger partial charge in [-0.25, -0.2) is 13.8 Å². The fourth-order valence-corrected chi connectivity index (χ4v) is 5.04. The number of halogens is 2. The normalized spacial score (nSPS) is 17.9. The maximum atomic E-state index is 14.2. The van der Waals surface area contributed by atoms with Crippen molar-refractivity contribution in [3.8, 4) is 11.5 Å². The smallest absolute Gasteiger partial charge is 0.257 e. The molecule has 2 aliphatic heterocycles. The monoisotopic (exact) mass is 520 g/mol. The van der Waals surface area contributed by atoms with Crippen molar-refractivity contribution in [3.63, 3.8) is 0 Å². The summed E-state index contributed by atoms with van der Waals surface area (Å²) >= 11 is 0. The van der Waals surface area contributed by atoms with Gasteiger partial charge in [-0.05, 0) is 36.4 Å². The van der Waals surface area contributed by atoms with Gasteiger partial charge in [-0.3, -0.25) is 9.69 Å². The predicted molar refractivity (Wildman–Crippen MR) is 142 cm³/mol. The molecule has 9 heteroatoms. The number of carbonyl (C=O) groups is 1. The summed E-state index contributed by atoms with van der Waals surface area (Å²) in [5, 5.41) is 6.17. The minimum atomic E-state index is -0.415. The van der Waals surface area contributed by atoms with Crippen molar-refractivity contribution in [1.82, 2.24) is 9.91 Å². The second kappa shape index (κ2) is 11.2. The summed E-state index contributed by atoms with van der Waals surface area (Å²) in [7, 11) is 3.15. The van der Waals surface area contributed by atoms with Crippen LogP contribution >= 0.6 is 0 Å². The summed E-state index contributed by atoms with van der Waals surface area (Å²) < 4.78 is 39.2. The van der Waals surface area contributed by atoms with Crippen molar-refractivity contribution in [1.29, 1.82) is 0 Å². The number of amides is 1. The lowest BCUT2D eigenvalue weighted by molar-refractivity contribution is -0.134. The van der Waals surface area contributed by atoms with E-state index in [2.05, 4.69) is 10.0 Å². The third-order valence-electron chi connectivity index (χ3n) is 7.05. The largest absolute Gasteiger partial charge is 0.497 e. The Morgan fingerprint density at radius 2 is 1.74 bits per heavy atom. The Bertz CT molecular complexity index is 1340. The average Bonchev–Trinajstić information content (AvgIpc) is 3.39. The molecule has 1 atom stereocenters. The Morgan fingerprint density at radius 3 is 2.45 bits per heavy atom. The Balaban J connectivity index is 1.36. The molecule has 5 rings (SSSR count). The van der Waals surface area contributed by atoms with Crippen LogP contribution in [-0.2, 0) is 4.79 Å². The van der Waals surface area contributed by atoms with E-state index in [0.29, 0.717) is 61.1 Å². The molecule has 0 aliphatic carbocycles. The van der Waals surface area contributed by atoms with Gasteiger partial charge < -0.3 is 14.4 Å². The molecule has 1 fully saturated rings. The number of piperazine rings is 1. The second-order valence-electron chi connectivity index (χ2n) is 9.34. The highest BCUT2D eigenvalue weighted by molar-refractivity contribution is 6.03. The highest BCUT2D eigenvalue weighted by atomic mass is 19.1. The molecule has 0 spiro atoms. The number of anilines is 1. The third kappa shape index (κ3) is 5.33. The first-order valence-corrected chi connectivity index (χ1v) is 12.6. The fraction of sp³-hybridized carbons (Fsp3) is 0.310. The van der Waals surface area contributed by atoms with E-state index in [1.165, 1.54) is 23.2 Å². The zero-order chi connectivity index (χ0) is 26.6. The number of hydrazone groups is 1. The average molecular weight is 521 g/mol. The molecule has 3 aromatic rings. The predicted octanol–water partition coefficient (Wildman–Crippen LogP) is 4.48. The van der Waals surface area contributed by atoms with Crippen molar-refractivity contribution in [2.45, 2.75) is 12.5 Å². The van der Waals surface area contributed by atoms with Gasteiger partial charge in [0.25, 0.3) is 5.91 Å². The first-order valence-electron chi connectivity index (χ1n) is 12.6. The highest BCUT2D eigenvalue weighted by Crippen LogP contribution is 2.39. The maximum Gasteiger partial charge on any atom is 0.257 e. The number of benzene rings is 3. The molecule has 2 aliphatic rings. The van der Waals surface area contributed by atoms with Gasteiger partial charge in [-0.15, -0.1) is 0 Å². The first-order chi connectivity index (χ1) is 18.5. The van der Waals surface area contributed by atoms with Crippen LogP contribution in [-0.4, -0.2) is 68.5 Å². The van der Waals surface area contributed by atoms with Gasteiger partial charge in [0.1, 0.15) is 23.1 Å². The van der Waals surface area contributed by atoms with Gasteiger partial charge in [0.05, 0.1) is 38.2 Å². The maximum absolute atomic E-state index is 14.2. The van der Waals surface area contributed by atoms with E-state index >= 15 is 0 Å². The number of methoxy groups -OCH3 is 2. The lowest BCUT2D eigenvalue weighted by Crippen LogP contribution is -2.49. The van der Waals surface area contributed by atoms with E-state index in [-0.39, 0.29) is 24.1 Å². The fourth-order valence-electron chi connectivity index (χ4n) is 5.04. The van der Waals surface area contributed by atoms with E-state index in [9.17, 15) is 13.6 Å². The zero-order valence-corrected chi connectivity index (χ0v) is 21.4. The molecule has 3 aromatic carbocycles. The summed E-state index contributed by atoms with van der Waals surface area (Å²) in [5.41, 5.74) is 2.64. The molecule has 0 aromatic heterocycles. The van der Waals surface area contributed by atoms with Crippen LogP contribution in [0.15, 0.2) is 71.8 Å². The first kappa shape index (κ1) is 25.7. The minimum absolute atomic E-state index is 0.167. The molecule has 0 radical (unpaired) electrons. The Hall–Kier alpha value is -3.98. The lowest BCUT2D eigenvalue weighted by atomic mass is 9.97. The minimum Gasteiger partial charge on any atom is -0.497 e. The molecule has 7 nitrogen and oxygen atoms in total. The van der Waals surface area contributed by atoms with Crippen molar-refractivity contribution < 1.29 is 23.0 Å². The molecule has 1 saturated heterocycles. The van der Waals surface area contributed by atoms with Crippen molar-refractivity contribution in [2.24, 2.45) is 5.10 Å². The van der Waals surface area contributed by atoms with Crippen LogP contribution in [0.1, 0.15) is 23.6 Å². The second-order valence-corrected chi connectivity index (χ2v) is 9.34. The number of para-hydroxylation sites is 1. The van der Waals surface area contributed by atoms with Crippen LogP contribution in [0.25, 0.3) is 0 Å². The van der Waals surface area contributed by atoms with Gasteiger partial charge >= 0.3 is 0 Å². The van der Waals surface area contributed by atoms with Gasteiger partial charge in [0.15, 0.2) is 0 Å². The molecule has 0 N–H and O–H groups in total. The number of hydrogen-bond acceptors (Lipinski definition) is 6. The quantitative estimate of drug-likeness (QED) is 0.460. The van der Waals surface area contributed by atoms with Gasteiger partial charge in [-0.1, -0.05) is 24.3 Å². The van der Waals surface area contributed by atoms with Crippen LogP contribution in [0.5, 0.6) is 11.5 Å². The van der Waals surface area contributed by atoms with Crippen LogP contribution in [0.3, 0.4) is 0 Å². The molecular weight excluding hydrogens is 490 g/mol. The van der Waals surface area contributed by atoms with Crippen molar-refractivity contribution in [2.75, 3.05) is 51.8 Å². The number of nitrogens with zero attached hydrogens (tertiary/aromatic N) is 4. The molecule has 38 heavy (non-hydrogen) atoms. The molecule has 198 valence electrons. The number of ether oxygens (including phenoxy) is 2. The Labute approximate surface area is 220 Å². The SMILES string of the molecule is COc1ccc(C2CC(c3cccc(F)c3)=NN2C(=O)CN2CCN(c3ccccc3F)CC2)c(OC)c1. The van der Waals surface area contributed by atoms with E-state index in [1.807, 2.05) is 23.1 Å². The van der Waals surface area contributed by atoms with Crippen LogP contribution in [0, 0.1) is 11.6 Å². The molecule has 1 unspecified atom stereocenters. The molecule has 0 saturated carbocycles. The van der Waals surface area contributed by atoms with Gasteiger partial charge in [0, 0.05) is 49.8 Å². The summed E-state index contributed by atoms with van der Waals surface area (Å²) in [6.07, 6.45) is 0.416. The summed E-state index contributed by atoms with van der Waals surface area (Å²) in [4.78, 5) is 17.7. The summed E-state index contributed by atoms with van der Waals surface area (Å²) in [6.45, 7) is 2.62. The summed E-state index contributed by atoms with van der Waals surface area (Å²) in [6, 6.07) is 18.0. The van der Waals surface area contributed by atoms with E-state index in [4.69, 9.17) is 9.47 Å². The van der Waals surface area contributed by atoms with E-state index in [1.54, 1.807) is 44.6 Å². The van der Waals surface area contributed by atoms with Crippen molar-refractivity contribution >= 4 is 17.3 Å². The molecule has 1 amide bonds. The van der Waals surface area contributed by atoms with Gasteiger partial charge in [-0.2, -0.15) is 5.10 Å². The van der Waals surface area contributed by atoms with Crippen LogP contribution < -0.4 is 14.4 Å². The Morgan fingerprint density at radius 1 is 0.947 bits per heavy atom. The standard InChI is InChI=1S/C29H30F2N4O3/c1-37-22-10-11-23(28(17-22)38-2)27-18-25(20-6-5-7-21(30)16-20)32-35(27)29(36)19-33-12-14-34(15-13-33)26-9-4-3-8-24(26)31/h3-11,16-17,27H,12-15,18-19H2,1-2H3. The van der Waals surface area contributed by atoms with Crippen molar-refractivity contribution in [3.05, 3.63) is 89.5 Å². The number of hydrogen-bond donors (Lipinski definition) is 0. The zero-order valence-electron chi connectivity index (χ0n) is 21.4. The van der Waals surface area contributed by atoms with E-state index < -0.39 is 6.04 Å². The number of carbonyl (C=O) groups excluding carboxylic acids is 1. The van der Waals surface area contributed by atoms with Gasteiger partial charge in [0.2, 0.25) is 0 Å². The number of rotatable bonds is 7. The van der Waals surface area contributed by atoms with E-state index in [0.717, 1.165) is 5.56 Å². The highest BCUT2D eigenvalue weighted by Gasteiger charge is 2.36. The topological polar surface area (TPSA) is 57.6 Å².